The Balaban J connectivity index is 1.74. The Morgan fingerprint density at radius 2 is 1.96 bits per heavy atom. The van der Waals surface area contributed by atoms with Crippen molar-refractivity contribution in [1.82, 2.24) is 14.7 Å². The number of hydrogen-bond donors (Lipinski definition) is 0. The smallest absolute Gasteiger partial charge is 0.230 e. The molecule has 1 aliphatic heterocycles. The van der Waals surface area contributed by atoms with E-state index in [2.05, 4.69) is 5.10 Å². The lowest BCUT2D eigenvalue weighted by atomic mass is 9.97. The zero-order chi connectivity index (χ0) is 18.1. The molecule has 1 unspecified atom stereocenters. The van der Waals surface area contributed by atoms with Crippen molar-refractivity contribution < 1.29 is 14.3 Å². The summed E-state index contributed by atoms with van der Waals surface area (Å²) in [6, 6.07) is 5.83. The molecule has 0 bridgehead atoms. The highest BCUT2D eigenvalue weighted by molar-refractivity contribution is 5.83. The van der Waals surface area contributed by atoms with Gasteiger partial charge in [0.2, 0.25) is 5.91 Å². The lowest BCUT2D eigenvalue weighted by Gasteiger charge is -2.23. The summed E-state index contributed by atoms with van der Waals surface area (Å²) in [7, 11) is 3.73. The lowest BCUT2D eigenvalue weighted by molar-refractivity contribution is -0.131. The fraction of sp³-hybridized carbons (Fsp3) is 0.474. The Kier molecular flexibility index (Phi) is 4.70. The standard InChI is InChI=1S/C19H25N3O3/c1-12(18-13(2)20-22(5)14(18)3)19(23)21(4)11-15-6-7-16-17(10-15)25-9-8-24-16/h6-7,10,12H,8-9,11H2,1-5H3. The number of amides is 1. The first kappa shape index (κ1) is 17.3. The maximum Gasteiger partial charge on any atom is 0.230 e. The van der Waals surface area contributed by atoms with E-state index in [-0.39, 0.29) is 11.8 Å². The molecule has 0 saturated carbocycles. The summed E-state index contributed by atoms with van der Waals surface area (Å²) in [4.78, 5) is 14.6. The van der Waals surface area contributed by atoms with E-state index in [1.54, 1.807) is 4.90 Å². The van der Waals surface area contributed by atoms with Gasteiger partial charge in [-0.05, 0) is 38.5 Å². The molecule has 2 heterocycles. The van der Waals surface area contributed by atoms with Crippen LogP contribution in [0.5, 0.6) is 11.5 Å². The van der Waals surface area contributed by atoms with Gasteiger partial charge in [-0.1, -0.05) is 6.07 Å². The molecule has 25 heavy (non-hydrogen) atoms. The van der Waals surface area contributed by atoms with Crippen molar-refractivity contribution >= 4 is 5.91 Å². The molecule has 0 radical (unpaired) electrons. The molecule has 2 aromatic rings. The van der Waals surface area contributed by atoms with Crippen molar-refractivity contribution in [3.05, 3.63) is 40.7 Å². The van der Waals surface area contributed by atoms with Gasteiger partial charge < -0.3 is 14.4 Å². The normalized spacial score (nSPS) is 14.3. The number of carbonyl (C=O) groups is 1. The van der Waals surface area contributed by atoms with Crippen LogP contribution in [0.3, 0.4) is 0 Å². The second kappa shape index (κ2) is 6.78. The molecule has 1 aromatic heterocycles. The molecular weight excluding hydrogens is 318 g/mol. The Hall–Kier alpha value is -2.50. The third-order valence-corrected chi connectivity index (χ3v) is 4.77. The Morgan fingerprint density at radius 1 is 1.28 bits per heavy atom. The van der Waals surface area contributed by atoms with Gasteiger partial charge in [-0.2, -0.15) is 5.10 Å². The molecule has 1 amide bonds. The second-order valence-electron chi connectivity index (χ2n) is 6.60. The van der Waals surface area contributed by atoms with Gasteiger partial charge in [-0.15, -0.1) is 0 Å². The van der Waals surface area contributed by atoms with Crippen molar-refractivity contribution in [2.45, 2.75) is 33.2 Å². The van der Waals surface area contributed by atoms with E-state index >= 15 is 0 Å². The summed E-state index contributed by atoms with van der Waals surface area (Å²) in [6.07, 6.45) is 0. The Bertz CT molecular complexity index is 797. The van der Waals surface area contributed by atoms with E-state index in [9.17, 15) is 4.79 Å². The minimum Gasteiger partial charge on any atom is -0.486 e. The second-order valence-corrected chi connectivity index (χ2v) is 6.60. The van der Waals surface area contributed by atoms with Crippen molar-refractivity contribution in [2.24, 2.45) is 7.05 Å². The van der Waals surface area contributed by atoms with Gasteiger partial charge >= 0.3 is 0 Å². The number of fused-ring (bicyclic) bond motifs is 1. The largest absolute Gasteiger partial charge is 0.486 e. The van der Waals surface area contributed by atoms with Crippen molar-refractivity contribution in [1.29, 1.82) is 0 Å². The number of nitrogens with zero attached hydrogens (tertiary/aromatic N) is 3. The third kappa shape index (κ3) is 3.34. The van der Waals surface area contributed by atoms with Gasteiger partial charge in [0.15, 0.2) is 11.5 Å². The number of benzene rings is 1. The van der Waals surface area contributed by atoms with Crippen LogP contribution in [-0.2, 0) is 18.4 Å². The quantitative estimate of drug-likeness (QED) is 0.856. The van der Waals surface area contributed by atoms with Crippen LogP contribution >= 0.6 is 0 Å². The minimum absolute atomic E-state index is 0.0779. The number of rotatable bonds is 4. The average Bonchev–Trinajstić information content (AvgIpc) is 2.85. The number of ether oxygens (including phenoxy) is 2. The van der Waals surface area contributed by atoms with Crippen LogP contribution in [0.4, 0.5) is 0 Å². The average molecular weight is 343 g/mol. The van der Waals surface area contributed by atoms with Gasteiger partial charge in [-0.25, -0.2) is 0 Å². The van der Waals surface area contributed by atoms with Crippen LogP contribution in [0.15, 0.2) is 18.2 Å². The van der Waals surface area contributed by atoms with Crippen LogP contribution in [0, 0.1) is 13.8 Å². The molecule has 1 atom stereocenters. The first-order valence-electron chi connectivity index (χ1n) is 8.52. The number of likely N-dealkylation sites (N-methyl/N-ethyl adjacent to an activating group) is 1. The minimum atomic E-state index is -0.226. The van der Waals surface area contributed by atoms with E-state index in [0.29, 0.717) is 19.8 Å². The third-order valence-electron chi connectivity index (χ3n) is 4.77. The Morgan fingerprint density at radius 3 is 2.60 bits per heavy atom. The van der Waals surface area contributed by atoms with Crippen LogP contribution in [-0.4, -0.2) is 40.8 Å². The zero-order valence-corrected chi connectivity index (χ0v) is 15.5. The molecule has 1 aromatic carbocycles. The van der Waals surface area contributed by atoms with Gasteiger partial charge in [0.25, 0.3) is 0 Å². The van der Waals surface area contributed by atoms with Gasteiger partial charge in [0, 0.05) is 31.9 Å². The molecule has 3 rings (SSSR count). The maximum atomic E-state index is 12.9. The van der Waals surface area contributed by atoms with Crippen LogP contribution in [0.2, 0.25) is 0 Å². The highest BCUT2D eigenvalue weighted by Gasteiger charge is 2.25. The van der Waals surface area contributed by atoms with Gasteiger partial charge in [0.1, 0.15) is 13.2 Å². The molecule has 0 aliphatic carbocycles. The SMILES string of the molecule is Cc1nn(C)c(C)c1C(C)C(=O)N(C)Cc1ccc2c(c1)OCCO2. The molecule has 0 spiro atoms. The van der Waals surface area contributed by atoms with Crippen LogP contribution in [0.25, 0.3) is 0 Å². The summed E-state index contributed by atoms with van der Waals surface area (Å²) in [5.74, 6) is 1.36. The van der Waals surface area contributed by atoms with E-state index in [1.165, 1.54) is 0 Å². The first-order valence-corrected chi connectivity index (χ1v) is 8.52. The Labute approximate surface area is 148 Å². The van der Waals surface area contributed by atoms with Crippen molar-refractivity contribution in [3.8, 4) is 11.5 Å². The fourth-order valence-corrected chi connectivity index (χ4v) is 3.41. The fourth-order valence-electron chi connectivity index (χ4n) is 3.41. The monoisotopic (exact) mass is 343 g/mol. The van der Waals surface area contributed by atoms with Crippen LogP contribution < -0.4 is 9.47 Å². The van der Waals surface area contributed by atoms with E-state index in [4.69, 9.17) is 9.47 Å². The molecule has 6 nitrogen and oxygen atoms in total. The van der Waals surface area contributed by atoms with Gasteiger partial charge in [-0.3, -0.25) is 9.48 Å². The lowest BCUT2D eigenvalue weighted by Crippen LogP contribution is -2.30. The number of hydrogen-bond acceptors (Lipinski definition) is 4. The molecule has 1 aliphatic rings. The van der Waals surface area contributed by atoms with Crippen molar-refractivity contribution in [2.75, 3.05) is 20.3 Å². The summed E-state index contributed by atoms with van der Waals surface area (Å²) >= 11 is 0. The summed E-state index contributed by atoms with van der Waals surface area (Å²) in [5, 5.41) is 4.42. The van der Waals surface area contributed by atoms with E-state index in [0.717, 1.165) is 34.0 Å². The summed E-state index contributed by atoms with van der Waals surface area (Å²) < 4.78 is 13.0. The number of aryl methyl sites for hydroxylation is 2. The topological polar surface area (TPSA) is 56.6 Å². The maximum absolute atomic E-state index is 12.9. The molecule has 6 heteroatoms. The highest BCUT2D eigenvalue weighted by Crippen LogP contribution is 2.31. The zero-order valence-electron chi connectivity index (χ0n) is 15.5. The van der Waals surface area contributed by atoms with E-state index < -0.39 is 0 Å². The van der Waals surface area contributed by atoms with E-state index in [1.807, 2.05) is 57.7 Å². The molecule has 0 N–H and O–H groups in total. The predicted molar refractivity (Wildman–Crippen MR) is 95.0 cm³/mol. The van der Waals surface area contributed by atoms with Gasteiger partial charge in [0.05, 0.1) is 11.6 Å². The molecule has 134 valence electrons. The molecule has 0 saturated heterocycles. The highest BCUT2D eigenvalue weighted by atomic mass is 16.6. The first-order chi connectivity index (χ1) is 11.9. The predicted octanol–water partition coefficient (Wildman–Crippen LogP) is 2.57. The van der Waals surface area contributed by atoms with Crippen molar-refractivity contribution in [3.63, 3.8) is 0 Å². The number of carbonyl (C=O) groups excluding carboxylic acids is 1. The molecular formula is C19H25N3O3. The summed E-state index contributed by atoms with van der Waals surface area (Å²) in [6.45, 7) is 7.55. The van der Waals surface area contributed by atoms with Crippen LogP contribution in [0.1, 0.15) is 35.4 Å². The number of aromatic nitrogens is 2. The summed E-state index contributed by atoms with van der Waals surface area (Å²) in [5.41, 5.74) is 3.98. The molecule has 0 fully saturated rings.